The Morgan fingerprint density at radius 2 is 2.00 bits per heavy atom. The number of pyridine rings is 1. The third-order valence-electron chi connectivity index (χ3n) is 4.79. The molecule has 0 saturated heterocycles. The Balaban J connectivity index is 1.56. The fourth-order valence-corrected chi connectivity index (χ4v) is 4.31. The molecule has 0 spiro atoms. The molecular formula is C22H25N3S. The summed E-state index contributed by atoms with van der Waals surface area (Å²) in [7, 11) is 0. The van der Waals surface area contributed by atoms with Crippen molar-refractivity contribution in [3.8, 4) is 23.0 Å². The first kappa shape index (κ1) is 18.5. The number of nitrogens with two attached hydrogens (primary N) is 1. The summed E-state index contributed by atoms with van der Waals surface area (Å²) >= 11 is 1.69. The number of aryl methyl sites for hydroxylation is 1. The molecule has 0 amide bonds. The fraction of sp³-hybridized carbons (Fsp3) is 0.364. The molecule has 1 aromatic heterocycles. The summed E-state index contributed by atoms with van der Waals surface area (Å²) in [5.74, 6) is 7.72. The lowest BCUT2D eigenvalue weighted by Gasteiger charge is -2.25. The highest BCUT2D eigenvalue weighted by Gasteiger charge is 2.21. The van der Waals surface area contributed by atoms with E-state index < -0.39 is 0 Å². The molecule has 26 heavy (non-hydrogen) atoms. The van der Waals surface area contributed by atoms with Crippen LogP contribution >= 0.6 is 11.8 Å². The molecule has 0 radical (unpaired) electrons. The molecule has 2 atom stereocenters. The Morgan fingerprint density at radius 1 is 1.19 bits per heavy atom. The second-order valence-corrected chi connectivity index (χ2v) is 7.75. The van der Waals surface area contributed by atoms with Crippen LogP contribution in [0.5, 0.6) is 0 Å². The Morgan fingerprint density at radius 3 is 2.73 bits per heavy atom. The van der Waals surface area contributed by atoms with Gasteiger partial charge in [-0.15, -0.1) is 5.92 Å². The minimum atomic E-state index is 0.352. The molecule has 0 saturated carbocycles. The quantitative estimate of drug-likeness (QED) is 0.795. The summed E-state index contributed by atoms with van der Waals surface area (Å²) in [5.41, 5.74) is 10.4. The lowest BCUT2D eigenvalue weighted by molar-refractivity contribution is 0.444. The number of thioether (sulfide) groups is 1. The molecule has 1 aliphatic heterocycles. The van der Waals surface area contributed by atoms with Gasteiger partial charge in [-0.2, -0.15) is 0 Å². The van der Waals surface area contributed by atoms with Crippen LogP contribution in [-0.4, -0.2) is 21.9 Å². The van der Waals surface area contributed by atoms with E-state index in [0.29, 0.717) is 12.0 Å². The zero-order valence-corrected chi connectivity index (χ0v) is 16.2. The lowest BCUT2D eigenvalue weighted by atomic mass is 9.95. The van der Waals surface area contributed by atoms with Crippen molar-refractivity contribution < 1.29 is 0 Å². The maximum atomic E-state index is 5.80. The van der Waals surface area contributed by atoms with E-state index in [0.717, 1.165) is 28.5 Å². The average molecular weight is 364 g/mol. The molecule has 2 aromatic rings. The van der Waals surface area contributed by atoms with Crippen LogP contribution in [0.2, 0.25) is 0 Å². The first-order chi connectivity index (χ1) is 12.7. The van der Waals surface area contributed by atoms with Gasteiger partial charge in [-0.25, -0.2) is 0 Å². The summed E-state index contributed by atoms with van der Waals surface area (Å²) in [6, 6.07) is 11.3. The standard InChI is InChI=1S/C22H25N3S/c1-3-5-18-12-21(14-24-13-18)19-10-8-17(9-11-19)6-4-7-20-15-26-22(23)25-16(20)2/h8-14,16,20H,4,6-7,15H2,1-2H3,(H2,23,25). The largest absolute Gasteiger partial charge is 0.379 e. The van der Waals surface area contributed by atoms with Crippen LogP contribution in [0, 0.1) is 17.8 Å². The Labute approximate surface area is 160 Å². The minimum Gasteiger partial charge on any atom is -0.379 e. The number of rotatable bonds is 5. The molecule has 3 nitrogen and oxygen atoms in total. The van der Waals surface area contributed by atoms with Crippen molar-refractivity contribution in [2.75, 3.05) is 5.75 Å². The van der Waals surface area contributed by atoms with Crippen LogP contribution in [0.25, 0.3) is 11.1 Å². The summed E-state index contributed by atoms with van der Waals surface area (Å²) < 4.78 is 0. The minimum absolute atomic E-state index is 0.352. The van der Waals surface area contributed by atoms with Gasteiger partial charge in [0.15, 0.2) is 5.17 Å². The zero-order valence-electron chi connectivity index (χ0n) is 15.4. The lowest BCUT2D eigenvalue weighted by Crippen LogP contribution is -2.27. The number of aliphatic imine (C=N–C) groups is 1. The van der Waals surface area contributed by atoms with E-state index in [1.165, 1.54) is 24.0 Å². The third kappa shape index (κ3) is 4.89. The zero-order chi connectivity index (χ0) is 18.4. The van der Waals surface area contributed by atoms with Crippen LogP contribution in [0.1, 0.15) is 37.8 Å². The van der Waals surface area contributed by atoms with Gasteiger partial charge in [0.1, 0.15) is 0 Å². The molecule has 3 rings (SSSR count). The van der Waals surface area contributed by atoms with Crippen LogP contribution in [0.4, 0.5) is 0 Å². The van der Waals surface area contributed by atoms with Crippen molar-refractivity contribution in [2.24, 2.45) is 16.6 Å². The topological polar surface area (TPSA) is 51.3 Å². The van der Waals surface area contributed by atoms with Crippen LogP contribution in [-0.2, 0) is 6.42 Å². The monoisotopic (exact) mass is 363 g/mol. The Kier molecular flexibility index (Phi) is 6.35. The average Bonchev–Trinajstić information content (AvgIpc) is 2.65. The number of amidine groups is 1. The van der Waals surface area contributed by atoms with Gasteiger partial charge < -0.3 is 5.73 Å². The van der Waals surface area contributed by atoms with Crippen LogP contribution in [0.15, 0.2) is 47.7 Å². The summed E-state index contributed by atoms with van der Waals surface area (Å²) in [4.78, 5) is 8.79. The van der Waals surface area contributed by atoms with Gasteiger partial charge in [0.2, 0.25) is 0 Å². The van der Waals surface area contributed by atoms with E-state index in [4.69, 9.17) is 5.73 Å². The number of nitrogens with zero attached hydrogens (tertiary/aromatic N) is 2. The van der Waals surface area contributed by atoms with Gasteiger partial charge >= 0.3 is 0 Å². The van der Waals surface area contributed by atoms with E-state index in [1.54, 1.807) is 18.0 Å². The van der Waals surface area contributed by atoms with E-state index in [2.05, 4.69) is 59.1 Å². The number of hydrogen-bond donors (Lipinski definition) is 1. The molecular weight excluding hydrogens is 338 g/mol. The van der Waals surface area contributed by atoms with Crippen molar-refractivity contribution in [3.05, 3.63) is 53.9 Å². The second kappa shape index (κ2) is 8.91. The van der Waals surface area contributed by atoms with Crippen LogP contribution < -0.4 is 5.73 Å². The predicted octanol–water partition coefficient (Wildman–Crippen LogP) is 4.51. The van der Waals surface area contributed by atoms with E-state index in [-0.39, 0.29) is 0 Å². The third-order valence-corrected chi connectivity index (χ3v) is 5.79. The molecule has 134 valence electrons. The van der Waals surface area contributed by atoms with Gasteiger partial charge in [0.25, 0.3) is 0 Å². The smallest absolute Gasteiger partial charge is 0.154 e. The highest BCUT2D eigenvalue weighted by molar-refractivity contribution is 8.13. The number of hydrogen-bond acceptors (Lipinski definition) is 4. The van der Waals surface area contributed by atoms with Crippen molar-refractivity contribution in [1.82, 2.24) is 4.98 Å². The van der Waals surface area contributed by atoms with Gasteiger partial charge in [0, 0.05) is 29.3 Å². The molecule has 0 bridgehead atoms. The fourth-order valence-electron chi connectivity index (χ4n) is 3.24. The molecule has 0 fully saturated rings. The van der Waals surface area contributed by atoms with E-state index in [9.17, 15) is 0 Å². The number of aromatic nitrogens is 1. The van der Waals surface area contributed by atoms with Crippen molar-refractivity contribution in [1.29, 1.82) is 0 Å². The van der Waals surface area contributed by atoms with Crippen molar-refractivity contribution >= 4 is 16.9 Å². The molecule has 2 N–H and O–H groups in total. The van der Waals surface area contributed by atoms with Gasteiger partial charge in [0.05, 0.1) is 6.04 Å². The summed E-state index contributed by atoms with van der Waals surface area (Å²) in [6.45, 7) is 4.02. The number of benzene rings is 1. The normalized spacial score (nSPS) is 19.4. The summed E-state index contributed by atoms with van der Waals surface area (Å²) in [6.07, 6.45) is 7.19. The van der Waals surface area contributed by atoms with Crippen LogP contribution in [0.3, 0.4) is 0 Å². The molecule has 1 aliphatic rings. The second-order valence-electron chi connectivity index (χ2n) is 6.71. The van der Waals surface area contributed by atoms with Gasteiger partial charge in [-0.3, -0.25) is 9.98 Å². The Bertz CT molecular complexity index is 830. The molecule has 1 aromatic carbocycles. The maximum absolute atomic E-state index is 5.80. The molecule has 4 heteroatoms. The highest BCUT2D eigenvalue weighted by atomic mass is 32.2. The molecule has 2 heterocycles. The Hall–Kier alpha value is -2.25. The summed E-state index contributed by atoms with van der Waals surface area (Å²) in [5, 5.41) is 0.743. The van der Waals surface area contributed by atoms with Crippen molar-refractivity contribution in [3.63, 3.8) is 0 Å². The van der Waals surface area contributed by atoms with Crippen molar-refractivity contribution in [2.45, 2.75) is 39.2 Å². The molecule has 2 unspecified atom stereocenters. The first-order valence-corrected chi connectivity index (χ1v) is 10.1. The maximum Gasteiger partial charge on any atom is 0.154 e. The first-order valence-electron chi connectivity index (χ1n) is 9.09. The molecule has 0 aliphatic carbocycles. The SMILES string of the molecule is CC#Cc1cncc(-c2ccc(CCCC3CSC(N)=NC3C)cc2)c1. The van der Waals surface area contributed by atoms with E-state index in [1.807, 2.05) is 13.1 Å². The van der Waals surface area contributed by atoms with E-state index >= 15 is 0 Å². The van der Waals surface area contributed by atoms with Gasteiger partial charge in [-0.05, 0) is 56.2 Å². The van der Waals surface area contributed by atoms with Gasteiger partial charge in [-0.1, -0.05) is 41.9 Å². The highest BCUT2D eigenvalue weighted by Crippen LogP contribution is 2.26. The predicted molar refractivity (Wildman–Crippen MR) is 112 cm³/mol.